The maximum absolute atomic E-state index is 13.5. The molecule has 0 saturated heterocycles. The number of halogens is 1. The van der Waals surface area contributed by atoms with Gasteiger partial charge in [0.1, 0.15) is 10.7 Å². The molecule has 1 aromatic rings. The van der Waals surface area contributed by atoms with Crippen LogP contribution in [0.1, 0.15) is 10.4 Å². The average molecular weight is 306 g/mol. The standard InChI is InChI=1S/C12H15FO6S/c1-18-4-5-19-6-7-20(16,17)11-8-9(12(14)15)2-3-10(11)13/h2-3,8H,4-7H2,1H3,(H,14,15). The molecule has 0 aliphatic rings. The smallest absolute Gasteiger partial charge is 0.335 e. The van der Waals surface area contributed by atoms with Crippen molar-refractivity contribution in [1.82, 2.24) is 0 Å². The molecule has 0 radical (unpaired) electrons. The minimum absolute atomic E-state index is 0.123. The lowest BCUT2D eigenvalue weighted by molar-refractivity contribution is 0.0696. The molecule has 0 saturated carbocycles. The number of rotatable bonds is 8. The van der Waals surface area contributed by atoms with Crippen LogP contribution in [0.4, 0.5) is 4.39 Å². The predicted octanol–water partition coefficient (Wildman–Crippen LogP) is 0.961. The molecule has 0 aromatic heterocycles. The molecule has 0 spiro atoms. The largest absolute Gasteiger partial charge is 0.478 e. The summed E-state index contributed by atoms with van der Waals surface area (Å²) in [6.45, 7) is 0.426. The highest BCUT2D eigenvalue weighted by Crippen LogP contribution is 2.18. The summed E-state index contributed by atoms with van der Waals surface area (Å²) in [7, 11) is -2.46. The van der Waals surface area contributed by atoms with Gasteiger partial charge in [-0.3, -0.25) is 0 Å². The fraction of sp³-hybridized carbons (Fsp3) is 0.417. The first-order valence-corrected chi connectivity index (χ1v) is 7.36. The van der Waals surface area contributed by atoms with Crippen LogP contribution in [0.3, 0.4) is 0 Å². The number of hydrogen-bond acceptors (Lipinski definition) is 5. The molecular weight excluding hydrogens is 291 g/mol. The van der Waals surface area contributed by atoms with Crippen molar-refractivity contribution in [2.45, 2.75) is 4.90 Å². The lowest BCUT2D eigenvalue weighted by Crippen LogP contribution is -2.16. The molecule has 0 amide bonds. The van der Waals surface area contributed by atoms with E-state index in [9.17, 15) is 17.6 Å². The van der Waals surface area contributed by atoms with E-state index in [0.717, 1.165) is 18.2 Å². The molecule has 112 valence electrons. The van der Waals surface area contributed by atoms with Crippen molar-refractivity contribution >= 4 is 15.8 Å². The highest BCUT2D eigenvalue weighted by molar-refractivity contribution is 7.91. The van der Waals surface area contributed by atoms with E-state index in [0.29, 0.717) is 6.61 Å². The van der Waals surface area contributed by atoms with Crippen molar-refractivity contribution in [3.63, 3.8) is 0 Å². The zero-order chi connectivity index (χ0) is 15.2. The van der Waals surface area contributed by atoms with Gasteiger partial charge in [0, 0.05) is 7.11 Å². The van der Waals surface area contributed by atoms with E-state index in [1.165, 1.54) is 7.11 Å². The van der Waals surface area contributed by atoms with E-state index in [-0.39, 0.29) is 18.8 Å². The van der Waals surface area contributed by atoms with Crippen LogP contribution < -0.4 is 0 Å². The molecular formula is C12H15FO6S. The molecule has 0 bridgehead atoms. The highest BCUT2D eigenvalue weighted by atomic mass is 32.2. The van der Waals surface area contributed by atoms with Crippen LogP contribution in [0.25, 0.3) is 0 Å². The van der Waals surface area contributed by atoms with E-state index in [4.69, 9.17) is 14.6 Å². The van der Waals surface area contributed by atoms with Crippen molar-refractivity contribution in [2.24, 2.45) is 0 Å². The summed E-state index contributed by atoms with van der Waals surface area (Å²) in [5.41, 5.74) is -0.287. The minimum atomic E-state index is -3.94. The summed E-state index contributed by atoms with van der Waals surface area (Å²) in [5, 5.41) is 8.78. The molecule has 0 aliphatic carbocycles. The second kappa shape index (κ2) is 7.32. The van der Waals surface area contributed by atoms with Crippen molar-refractivity contribution in [2.75, 3.05) is 32.7 Å². The van der Waals surface area contributed by atoms with Crippen LogP contribution >= 0.6 is 0 Å². The summed E-state index contributed by atoms with van der Waals surface area (Å²) in [5.74, 6) is -2.74. The Kier molecular flexibility index (Phi) is 6.05. The van der Waals surface area contributed by atoms with Crippen molar-refractivity contribution in [3.05, 3.63) is 29.6 Å². The van der Waals surface area contributed by atoms with Crippen LogP contribution in [0, 0.1) is 5.82 Å². The molecule has 0 fully saturated rings. The lowest BCUT2D eigenvalue weighted by Gasteiger charge is -2.07. The number of ether oxygens (including phenoxy) is 2. The molecule has 1 N–H and O–H groups in total. The molecule has 8 heteroatoms. The third-order valence-corrected chi connectivity index (χ3v) is 4.13. The lowest BCUT2D eigenvalue weighted by atomic mass is 10.2. The number of sulfone groups is 1. The molecule has 0 heterocycles. The average Bonchev–Trinajstić information content (AvgIpc) is 2.38. The van der Waals surface area contributed by atoms with Crippen molar-refractivity contribution < 1.29 is 32.2 Å². The third kappa shape index (κ3) is 4.55. The van der Waals surface area contributed by atoms with Gasteiger partial charge in [0.15, 0.2) is 9.84 Å². The zero-order valence-corrected chi connectivity index (χ0v) is 11.7. The van der Waals surface area contributed by atoms with Gasteiger partial charge in [-0.05, 0) is 18.2 Å². The molecule has 0 aliphatic heterocycles. The molecule has 1 rings (SSSR count). The predicted molar refractivity (Wildman–Crippen MR) is 68.1 cm³/mol. The zero-order valence-electron chi connectivity index (χ0n) is 10.8. The first-order chi connectivity index (χ1) is 9.38. The SMILES string of the molecule is COCCOCCS(=O)(=O)c1cc(C(=O)O)ccc1F. The van der Waals surface area contributed by atoms with E-state index in [1.54, 1.807) is 0 Å². The number of aromatic carboxylic acids is 1. The van der Waals surface area contributed by atoms with Gasteiger partial charge >= 0.3 is 5.97 Å². The summed E-state index contributed by atoms with van der Waals surface area (Å²) >= 11 is 0. The Labute approximate surface area is 116 Å². The fourth-order valence-corrected chi connectivity index (χ4v) is 2.63. The van der Waals surface area contributed by atoms with E-state index in [2.05, 4.69) is 0 Å². The minimum Gasteiger partial charge on any atom is -0.478 e. The molecule has 20 heavy (non-hydrogen) atoms. The van der Waals surface area contributed by atoms with Gasteiger partial charge in [0.2, 0.25) is 0 Å². The molecule has 0 atom stereocenters. The monoisotopic (exact) mass is 306 g/mol. The maximum Gasteiger partial charge on any atom is 0.335 e. The summed E-state index contributed by atoms with van der Waals surface area (Å²) in [4.78, 5) is 10.1. The van der Waals surface area contributed by atoms with Crippen LogP contribution in [0.2, 0.25) is 0 Å². The van der Waals surface area contributed by atoms with E-state index in [1.807, 2.05) is 0 Å². The molecule has 6 nitrogen and oxygen atoms in total. The van der Waals surface area contributed by atoms with Crippen LogP contribution in [0.15, 0.2) is 23.1 Å². The maximum atomic E-state index is 13.5. The Hall–Kier alpha value is -1.51. The highest BCUT2D eigenvalue weighted by Gasteiger charge is 2.21. The van der Waals surface area contributed by atoms with Crippen LogP contribution in [-0.2, 0) is 19.3 Å². The van der Waals surface area contributed by atoms with Gasteiger partial charge in [-0.2, -0.15) is 0 Å². The summed E-state index contributed by atoms with van der Waals surface area (Å²) in [6, 6.07) is 2.63. The third-order valence-electron chi connectivity index (χ3n) is 2.44. The molecule has 1 aromatic carbocycles. The number of carboxylic acids is 1. The van der Waals surface area contributed by atoms with Crippen LogP contribution in [0.5, 0.6) is 0 Å². The Morgan fingerprint density at radius 3 is 2.60 bits per heavy atom. The summed E-state index contributed by atoms with van der Waals surface area (Å²) < 4.78 is 47.1. The van der Waals surface area contributed by atoms with Gasteiger partial charge < -0.3 is 14.6 Å². The quantitative estimate of drug-likeness (QED) is 0.720. The van der Waals surface area contributed by atoms with Crippen LogP contribution in [-0.4, -0.2) is 52.2 Å². The molecule has 0 unspecified atom stereocenters. The Balaban J connectivity index is 2.81. The normalized spacial score (nSPS) is 11.5. The van der Waals surface area contributed by atoms with Gasteiger partial charge in [0.25, 0.3) is 0 Å². The number of carbonyl (C=O) groups is 1. The Bertz CT molecular complexity index is 569. The first kappa shape index (κ1) is 16.5. The number of benzene rings is 1. The Morgan fingerprint density at radius 1 is 1.30 bits per heavy atom. The van der Waals surface area contributed by atoms with Gasteiger partial charge in [-0.1, -0.05) is 0 Å². The van der Waals surface area contributed by atoms with E-state index < -0.39 is 32.3 Å². The topological polar surface area (TPSA) is 89.9 Å². The fourth-order valence-electron chi connectivity index (χ4n) is 1.40. The van der Waals surface area contributed by atoms with Gasteiger partial charge in [-0.25, -0.2) is 17.6 Å². The van der Waals surface area contributed by atoms with Crippen molar-refractivity contribution in [3.8, 4) is 0 Å². The summed E-state index contributed by atoms with van der Waals surface area (Å²) in [6.07, 6.45) is 0. The van der Waals surface area contributed by atoms with Gasteiger partial charge in [0.05, 0.1) is 31.1 Å². The van der Waals surface area contributed by atoms with Crippen molar-refractivity contribution in [1.29, 1.82) is 0 Å². The second-order valence-corrected chi connectivity index (χ2v) is 5.95. The Morgan fingerprint density at radius 2 is 2.00 bits per heavy atom. The first-order valence-electron chi connectivity index (χ1n) is 5.71. The number of hydrogen-bond donors (Lipinski definition) is 1. The van der Waals surface area contributed by atoms with E-state index >= 15 is 0 Å². The second-order valence-electron chi connectivity index (χ2n) is 3.87. The number of methoxy groups -OCH3 is 1. The number of carboxylic acid groups (broad SMARTS) is 1. The van der Waals surface area contributed by atoms with Gasteiger partial charge in [-0.15, -0.1) is 0 Å².